The second-order valence-corrected chi connectivity index (χ2v) is 9.52. The third-order valence-electron chi connectivity index (χ3n) is 7.14. The van der Waals surface area contributed by atoms with Crippen LogP contribution in [0.25, 0.3) is 22.6 Å². The number of rotatable bonds is 4. The van der Waals surface area contributed by atoms with Crippen molar-refractivity contribution >= 4 is 22.6 Å². The van der Waals surface area contributed by atoms with E-state index in [1.807, 2.05) is 18.3 Å². The van der Waals surface area contributed by atoms with Crippen LogP contribution in [0.2, 0.25) is 0 Å². The van der Waals surface area contributed by atoms with Crippen LogP contribution in [0.5, 0.6) is 0 Å². The summed E-state index contributed by atoms with van der Waals surface area (Å²) in [5.41, 5.74) is 7.96. The van der Waals surface area contributed by atoms with Gasteiger partial charge in [-0.25, -0.2) is 0 Å². The lowest BCUT2D eigenvalue weighted by Crippen LogP contribution is -2.33. The zero-order chi connectivity index (χ0) is 25.3. The molecule has 1 N–H and O–H groups in total. The van der Waals surface area contributed by atoms with Crippen molar-refractivity contribution in [1.82, 2.24) is 9.88 Å². The summed E-state index contributed by atoms with van der Waals surface area (Å²) < 4.78 is 40.9. The molecule has 0 atom stereocenters. The zero-order valence-electron chi connectivity index (χ0n) is 20.5. The average molecular weight is 487 g/mol. The molecule has 3 aromatic carbocycles. The molecule has 1 aromatic heterocycles. The van der Waals surface area contributed by atoms with Crippen LogP contribution >= 0.6 is 0 Å². The molecule has 1 saturated heterocycles. The third kappa shape index (κ3) is 5.02. The Hall–Kier alpha value is -3.57. The molecule has 4 aromatic rings. The Morgan fingerprint density at radius 2 is 1.78 bits per heavy atom. The van der Waals surface area contributed by atoms with Crippen LogP contribution < -0.4 is 0 Å². The highest BCUT2D eigenvalue weighted by atomic mass is 19.4. The van der Waals surface area contributed by atoms with E-state index in [1.54, 1.807) is 12.1 Å². The molecule has 0 amide bonds. The summed E-state index contributed by atoms with van der Waals surface area (Å²) in [5.74, 6) is 0. The molecule has 0 radical (unpaired) electrons. The number of aromatic nitrogens is 1. The Bertz CT molecular complexity index is 1460. The SMILES string of the molecule is C/C(=C1/CN(Cc2ccccc2C(F)(F)F)CC/C1=C/c1ccccc1C)c1ccc2[nH]ccc2c1. The van der Waals surface area contributed by atoms with Crippen molar-refractivity contribution in [3.05, 3.63) is 118 Å². The van der Waals surface area contributed by atoms with Crippen LogP contribution in [0.15, 0.2) is 90.1 Å². The van der Waals surface area contributed by atoms with Gasteiger partial charge >= 0.3 is 6.18 Å². The number of alkyl halides is 3. The zero-order valence-corrected chi connectivity index (χ0v) is 20.5. The van der Waals surface area contributed by atoms with Crippen LogP contribution in [0.4, 0.5) is 13.2 Å². The fourth-order valence-electron chi connectivity index (χ4n) is 5.06. The maximum atomic E-state index is 13.6. The number of H-pyrrole nitrogens is 1. The number of nitrogens with one attached hydrogen (secondary N) is 1. The topological polar surface area (TPSA) is 19.0 Å². The first kappa shape index (κ1) is 24.1. The quantitative estimate of drug-likeness (QED) is 0.308. The summed E-state index contributed by atoms with van der Waals surface area (Å²) in [5, 5.41) is 1.14. The predicted molar refractivity (Wildman–Crippen MR) is 141 cm³/mol. The summed E-state index contributed by atoms with van der Waals surface area (Å²) in [6, 6.07) is 22.6. The van der Waals surface area contributed by atoms with Gasteiger partial charge in [0.1, 0.15) is 0 Å². The molecule has 0 aliphatic carbocycles. The van der Waals surface area contributed by atoms with Crippen LogP contribution in [-0.4, -0.2) is 23.0 Å². The monoisotopic (exact) mass is 486 g/mol. The molecule has 2 nitrogen and oxygen atoms in total. The average Bonchev–Trinajstić information content (AvgIpc) is 3.33. The van der Waals surface area contributed by atoms with Crippen molar-refractivity contribution in [2.24, 2.45) is 0 Å². The largest absolute Gasteiger partial charge is 0.416 e. The minimum atomic E-state index is -4.36. The van der Waals surface area contributed by atoms with Gasteiger partial charge in [-0.3, -0.25) is 4.90 Å². The molecule has 184 valence electrons. The van der Waals surface area contributed by atoms with Crippen molar-refractivity contribution < 1.29 is 13.2 Å². The molecular weight excluding hydrogens is 457 g/mol. The number of benzene rings is 3. The van der Waals surface area contributed by atoms with Gasteiger partial charge < -0.3 is 4.98 Å². The van der Waals surface area contributed by atoms with Crippen LogP contribution in [-0.2, 0) is 12.7 Å². The van der Waals surface area contributed by atoms with Gasteiger partial charge in [0.15, 0.2) is 0 Å². The Labute approximate surface area is 209 Å². The van der Waals surface area contributed by atoms with Crippen molar-refractivity contribution in [2.45, 2.75) is 33.0 Å². The molecule has 0 unspecified atom stereocenters. The molecular formula is C31H29F3N2. The molecule has 5 heteroatoms. The second kappa shape index (κ2) is 9.82. The van der Waals surface area contributed by atoms with Crippen molar-refractivity contribution in [2.75, 3.05) is 13.1 Å². The normalized spacial score (nSPS) is 17.6. The first-order chi connectivity index (χ1) is 17.3. The van der Waals surface area contributed by atoms with E-state index in [0.717, 1.165) is 28.5 Å². The molecule has 0 saturated carbocycles. The smallest absolute Gasteiger partial charge is 0.361 e. The molecule has 1 fully saturated rings. The second-order valence-electron chi connectivity index (χ2n) is 9.52. The first-order valence-corrected chi connectivity index (χ1v) is 12.2. The van der Waals surface area contributed by atoms with Gasteiger partial charge in [0.25, 0.3) is 0 Å². The van der Waals surface area contributed by atoms with Gasteiger partial charge in [-0.2, -0.15) is 13.2 Å². The lowest BCUT2D eigenvalue weighted by molar-refractivity contribution is -0.138. The van der Waals surface area contributed by atoms with E-state index < -0.39 is 11.7 Å². The number of allylic oxidation sites excluding steroid dienone is 1. The molecule has 0 bridgehead atoms. The van der Waals surface area contributed by atoms with Gasteiger partial charge in [0, 0.05) is 31.3 Å². The third-order valence-corrected chi connectivity index (χ3v) is 7.14. The van der Waals surface area contributed by atoms with E-state index in [1.165, 1.54) is 34.4 Å². The molecule has 5 rings (SSSR count). The van der Waals surface area contributed by atoms with Gasteiger partial charge in [-0.15, -0.1) is 0 Å². The summed E-state index contributed by atoms with van der Waals surface area (Å²) in [4.78, 5) is 5.37. The Morgan fingerprint density at radius 1 is 1.00 bits per heavy atom. The van der Waals surface area contributed by atoms with Crippen LogP contribution in [0.3, 0.4) is 0 Å². The van der Waals surface area contributed by atoms with Crippen molar-refractivity contribution in [3.63, 3.8) is 0 Å². The lowest BCUT2D eigenvalue weighted by atomic mass is 9.88. The van der Waals surface area contributed by atoms with Crippen molar-refractivity contribution in [1.29, 1.82) is 0 Å². The minimum absolute atomic E-state index is 0.265. The molecule has 2 heterocycles. The van der Waals surface area contributed by atoms with E-state index >= 15 is 0 Å². The number of aryl methyl sites for hydroxylation is 1. The number of fused-ring (bicyclic) bond motifs is 1. The highest BCUT2D eigenvalue weighted by Crippen LogP contribution is 2.36. The first-order valence-electron chi connectivity index (χ1n) is 12.2. The Balaban J connectivity index is 1.54. The predicted octanol–water partition coefficient (Wildman–Crippen LogP) is 8.26. The minimum Gasteiger partial charge on any atom is -0.361 e. The summed E-state index contributed by atoms with van der Waals surface area (Å²) in [7, 11) is 0. The summed E-state index contributed by atoms with van der Waals surface area (Å²) >= 11 is 0. The highest BCUT2D eigenvalue weighted by molar-refractivity contribution is 5.85. The summed E-state index contributed by atoms with van der Waals surface area (Å²) in [6.45, 7) is 5.80. The van der Waals surface area contributed by atoms with E-state index in [4.69, 9.17) is 0 Å². The molecule has 36 heavy (non-hydrogen) atoms. The number of piperidine rings is 1. The van der Waals surface area contributed by atoms with E-state index in [0.29, 0.717) is 18.7 Å². The standard InChI is InChI=1S/C31H29F3N2/c1-21-7-3-4-8-23(21)17-25-14-16-36(19-27-9-5-6-10-29(27)31(32,33)34)20-28(25)22(2)24-11-12-30-26(18-24)13-15-35-30/h3-13,15,17-18,35H,14,16,19-20H2,1-2H3/b25-17-,28-22+. The number of aromatic amines is 1. The number of hydrogen-bond donors (Lipinski definition) is 1. The fraction of sp³-hybridized carbons (Fsp3) is 0.226. The van der Waals surface area contributed by atoms with Gasteiger partial charge in [0.2, 0.25) is 0 Å². The van der Waals surface area contributed by atoms with E-state index in [2.05, 4.69) is 66.2 Å². The Morgan fingerprint density at radius 3 is 2.58 bits per heavy atom. The van der Waals surface area contributed by atoms with Crippen LogP contribution in [0.1, 0.15) is 41.2 Å². The highest BCUT2D eigenvalue weighted by Gasteiger charge is 2.33. The lowest BCUT2D eigenvalue weighted by Gasteiger charge is -2.33. The van der Waals surface area contributed by atoms with Gasteiger partial charge in [0.05, 0.1) is 5.56 Å². The summed E-state index contributed by atoms with van der Waals surface area (Å²) in [6.07, 6.45) is 0.606. The number of likely N-dealkylation sites (tertiary alicyclic amines) is 1. The van der Waals surface area contributed by atoms with Crippen LogP contribution in [0, 0.1) is 6.92 Å². The molecule has 0 spiro atoms. The van der Waals surface area contributed by atoms with Gasteiger partial charge in [-0.05, 0) is 88.9 Å². The maximum Gasteiger partial charge on any atom is 0.416 e. The fourth-order valence-corrected chi connectivity index (χ4v) is 5.06. The Kier molecular flexibility index (Phi) is 6.59. The van der Waals surface area contributed by atoms with Gasteiger partial charge in [-0.1, -0.05) is 54.6 Å². The number of hydrogen-bond acceptors (Lipinski definition) is 1. The number of nitrogens with zero attached hydrogens (tertiary/aromatic N) is 1. The van der Waals surface area contributed by atoms with Crippen molar-refractivity contribution in [3.8, 4) is 0 Å². The number of halogens is 3. The molecule has 1 aliphatic heterocycles. The van der Waals surface area contributed by atoms with E-state index in [-0.39, 0.29) is 6.54 Å². The van der Waals surface area contributed by atoms with E-state index in [9.17, 15) is 13.2 Å². The molecule has 1 aliphatic rings. The maximum absolute atomic E-state index is 13.6.